The fourth-order valence-corrected chi connectivity index (χ4v) is 2.88. The summed E-state index contributed by atoms with van der Waals surface area (Å²) in [6, 6.07) is 9.19. The predicted molar refractivity (Wildman–Crippen MR) is 80.9 cm³/mol. The van der Waals surface area contributed by atoms with Gasteiger partial charge in [-0.25, -0.2) is 0 Å². The normalized spacial score (nSPS) is 18.9. The van der Waals surface area contributed by atoms with Gasteiger partial charge >= 0.3 is 0 Å². The second kappa shape index (κ2) is 7.54. The maximum Gasteiger partial charge on any atom is 0.122 e. The van der Waals surface area contributed by atoms with E-state index in [2.05, 4.69) is 43.4 Å². The van der Waals surface area contributed by atoms with Gasteiger partial charge < -0.3 is 10.1 Å². The number of hydrogen-bond acceptors (Lipinski definition) is 2. The zero-order valence-corrected chi connectivity index (χ0v) is 12.3. The molecule has 1 aliphatic rings. The molecule has 1 heterocycles. The van der Waals surface area contributed by atoms with Crippen LogP contribution in [0.5, 0.6) is 5.75 Å². The van der Waals surface area contributed by atoms with Crippen molar-refractivity contribution in [3.63, 3.8) is 0 Å². The van der Waals surface area contributed by atoms with Crippen molar-refractivity contribution < 1.29 is 4.74 Å². The first-order valence-electron chi connectivity index (χ1n) is 7.80. The van der Waals surface area contributed by atoms with E-state index in [1.165, 1.54) is 37.7 Å². The van der Waals surface area contributed by atoms with Crippen molar-refractivity contribution in [2.75, 3.05) is 13.2 Å². The third kappa shape index (κ3) is 3.97. The molecule has 0 saturated heterocycles. The Kier molecular flexibility index (Phi) is 5.71. The number of rotatable bonds is 8. The molecule has 0 amide bonds. The summed E-state index contributed by atoms with van der Waals surface area (Å²) in [6.07, 6.45) is 6.28. The van der Waals surface area contributed by atoms with Crippen LogP contribution in [0.15, 0.2) is 24.3 Å². The molecule has 1 aromatic rings. The Morgan fingerprint density at radius 1 is 1.32 bits per heavy atom. The molecule has 1 aliphatic heterocycles. The highest BCUT2D eigenvalue weighted by atomic mass is 16.5. The van der Waals surface area contributed by atoms with Gasteiger partial charge in [0.2, 0.25) is 0 Å². The van der Waals surface area contributed by atoms with Crippen LogP contribution in [0.25, 0.3) is 0 Å². The van der Waals surface area contributed by atoms with E-state index >= 15 is 0 Å². The van der Waals surface area contributed by atoms with Crippen LogP contribution >= 0.6 is 0 Å². The van der Waals surface area contributed by atoms with Gasteiger partial charge in [-0.2, -0.15) is 0 Å². The molecule has 0 saturated carbocycles. The van der Waals surface area contributed by atoms with Crippen LogP contribution in [-0.2, 0) is 0 Å². The minimum atomic E-state index is 0.611. The van der Waals surface area contributed by atoms with E-state index in [-0.39, 0.29) is 0 Å². The van der Waals surface area contributed by atoms with Crippen LogP contribution in [0.3, 0.4) is 0 Å². The molecule has 106 valence electrons. The smallest absolute Gasteiger partial charge is 0.122 e. The lowest BCUT2D eigenvalue weighted by molar-refractivity contribution is 0.319. The first-order valence-corrected chi connectivity index (χ1v) is 7.80. The summed E-state index contributed by atoms with van der Waals surface area (Å²) >= 11 is 0. The van der Waals surface area contributed by atoms with Gasteiger partial charge in [-0.1, -0.05) is 38.5 Å². The van der Waals surface area contributed by atoms with Crippen molar-refractivity contribution in [3.8, 4) is 5.75 Å². The van der Waals surface area contributed by atoms with E-state index in [1.54, 1.807) is 0 Å². The van der Waals surface area contributed by atoms with Gasteiger partial charge in [0.15, 0.2) is 0 Å². The van der Waals surface area contributed by atoms with Crippen LogP contribution < -0.4 is 10.1 Å². The van der Waals surface area contributed by atoms with Crippen molar-refractivity contribution >= 4 is 0 Å². The summed E-state index contributed by atoms with van der Waals surface area (Å²) in [5.41, 5.74) is 1.41. The van der Waals surface area contributed by atoms with Crippen molar-refractivity contribution in [1.29, 1.82) is 0 Å². The first kappa shape index (κ1) is 14.4. The molecule has 19 heavy (non-hydrogen) atoms. The third-order valence-corrected chi connectivity index (χ3v) is 4.08. The predicted octanol–water partition coefficient (Wildman–Crippen LogP) is 4.11. The Balaban J connectivity index is 1.74. The summed E-state index contributed by atoms with van der Waals surface area (Å²) in [6.45, 7) is 6.53. The molecule has 1 aromatic carbocycles. The highest BCUT2D eigenvalue weighted by molar-refractivity contribution is 5.39. The van der Waals surface area contributed by atoms with E-state index in [0.717, 1.165) is 18.9 Å². The average Bonchev–Trinajstić information content (AvgIpc) is 2.86. The van der Waals surface area contributed by atoms with Crippen LogP contribution in [0.1, 0.15) is 57.4 Å². The highest BCUT2D eigenvalue weighted by Gasteiger charge is 2.23. The zero-order chi connectivity index (χ0) is 13.5. The molecule has 0 aromatic heterocycles. The fraction of sp³-hybridized carbons (Fsp3) is 0.647. The monoisotopic (exact) mass is 261 g/mol. The van der Waals surface area contributed by atoms with E-state index in [1.807, 2.05) is 0 Å². The van der Waals surface area contributed by atoms with Crippen molar-refractivity contribution in [2.24, 2.45) is 0 Å². The molecule has 0 aliphatic carbocycles. The summed E-state index contributed by atoms with van der Waals surface area (Å²) in [7, 11) is 0. The quantitative estimate of drug-likeness (QED) is 0.760. The van der Waals surface area contributed by atoms with Gasteiger partial charge in [0.05, 0.1) is 6.61 Å². The molecular weight excluding hydrogens is 234 g/mol. The molecule has 2 atom stereocenters. The largest absolute Gasteiger partial charge is 0.493 e. The maximum atomic E-state index is 5.74. The lowest BCUT2D eigenvalue weighted by Crippen LogP contribution is -2.29. The average molecular weight is 261 g/mol. The van der Waals surface area contributed by atoms with Crippen LogP contribution in [0.4, 0.5) is 0 Å². The second-order valence-corrected chi connectivity index (χ2v) is 5.54. The standard InChI is InChI=1S/C17H27NO/c1-3-12-18-15(4-2)9-7-8-14-13-19-17-11-6-5-10-16(14)17/h5-6,10-11,14-15,18H,3-4,7-9,12-13H2,1-2H3. The molecule has 0 fully saturated rings. The topological polar surface area (TPSA) is 21.3 Å². The van der Waals surface area contributed by atoms with Gasteiger partial charge in [-0.3, -0.25) is 0 Å². The van der Waals surface area contributed by atoms with Crippen molar-refractivity contribution in [2.45, 2.75) is 57.9 Å². The summed E-state index contributed by atoms with van der Waals surface area (Å²) in [5.74, 6) is 1.71. The number of fused-ring (bicyclic) bond motifs is 1. The first-order chi connectivity index (χ1) is 9.35. The molecule has 0 radical (unpaired) electrons. The van der Waals surface area contributed by atoms with Gasteiger partial charge in [-0.15, -0.1) is 0 Å². The molecule has 0 bridgehead atoms. The van der Waals surface area contributed by atoms with Crippen LogP contribution in [0.2, 0.25) is 0 Å². The number of para-hydroxylation sites is 1. The van der Waals surface area contributed by atoms with E-state index in [9.17, 15) is 0 Å². The molecule has 2 rings (SSSR count). The second-order valence-electron chi connectivity index (χ2n) is 5.54. The molecule has 1 N–H and O–H groups in total. The number of benzene rings is 1. The summed E-state index contributed by atoms with van der Waals surface area (Å²) < 4.78 is 5.74. The summed E-state index contributed by atoms with van der Waals surface area (Å²) in [5, 5.41) is 3.63. The molecule has 2 nitrogen and oxygen atoms in total. The Labute approximate surface area is 117 Å². The maximum absolute atomic E-state index is 5.74. The minimum absolute atomic E-state index is 0.611. The Morgan fingerprint density at radius 3 is 2.95 bits per heavy atom. The van der Waals surface area contributed by atoms with Gasteiger partial charge in [0.25, 0.3) is 0 Å². The molecule has 2 unspecified atom stereocenters. The number of hydrogen-bond donors (Lipinski definition) is 1. The fourth-order valence-electron chi connectivity index (χ4n) is 2.88. The third-order valence-electron chi connectivity index (χ3n) is 4.08. The van der Waals surface area contributed by atoms with Crippen molar-refractivity contribution in [3.05, 3.63) is 29.8 Å². The van der Waals surface area contributed by atoms with Crippen molar-refractivity contribution in [1.82, 2.24) is 5.32 Å². The Morgan fingerprint density at radius 2 is 2.16 bits per heavy atom. The van der Waals surface area contributed by atoms with E-state index < -0.39 is 0 Å². The summed E-state index contributed by atoms with van der Waals surface area (Å²) in [4.78, 5) is 0. The highest BCUT2D eigenvalue weighted by Crippen LogP contribution is 2.36. The Hall–Kier alpha value is -1.02. The number of nitrogens with one attached hydrogen (secondary N) is 1. The molecule has 0 spiro atoms. The lowest BCUT2D eigenvalue weighted by atomic mass is 9.94. The van der Waals surface area contributed by atoms with Gasteiger partial charge in [0, 0.05) is 17.5 Å². The zero-order valence-electron chi connectivity index (χ0n) is 12.3. The van der Waals surface area contributed by atoms with Gasteiger partial charge in [0.1, 0.15) is 5.75 Å². The molecular formula is C17H27NO. The molecule has 2 heteroatoms. The SMILES string of the molecule is CCCNC(CC)CCCC1COc2ccccc21. The van der Waals surface area contributed by atoms with Crippen LogP contribution in [-0.4, -0.2) is 19.2 Å². The van der Waals surface area contributed by atoms with E-state index in [0.29, 0.717) is 12.0 Å². The van der Waals surface area contributed by atoms with Gasteiger partial charge in [-0.05, 0) is 38.3 Å². The number of ether oxygens (including phenoxy) is 1. The van der Waals surface area contributed by atoms with E-state index in [4.69, 9.17) is 4.74 Å². The minimum Gasteiger partial charge on any atom is -0.493 e. The lowest BCUT2D eigenvalue weighted by Gasteiger charge is -2.17. The Bertz CT molecular complexity index is 377. The van der Waals surface area contributed by atoms with Crippen LogP contribution in [0, 0.1) is 0 Å².